The van der Waals surface area contributed by atoms with Crippen LogP contribution >= 0.6 is 0 Å². The number of rotatable bonds is 4. The number of methoxy groups -OCH3 is 1. The molecule has 1 N–H and O–H groups in total. The Morgan fingerprint density at radius 1 is 1.03 bits per heavy atom. The molecule has 0 saturated heterocycles. The molecule has 0 aliphatic carbocycles. The minimum absolute atomic E-state index is 0.00952. The zero-order valence-electron chi connectivity index (χ0n) is 15.9. The maximum Gasteiger partial charge on any atom is 0.230 e. The average Bonchev–Trinajstić information content (AvgIpc) is 3.19. The van der Waals surface area contributed by atoms with Crippen LogP contribution in [0.15, 0.2) is 66.9 Å². The lowest BCUT2D eigenvalue weighted by Gasteiger charge is -2.21. The highest BCUT2D eigenvalue weighted by Crippen LogP contribution is 2.44. The van der Waals surface area contributed by atoms with Gasteiger partial charge >= 0.3 is 0 Å². The van der Waals surface area contributed by atoms with Crippen LogP contribution in [0.25, 0.3) is 33.9 Å². The molecule has 0 saturated carbocycles. The van der Waals surface area contributed by atoms with Gasteiger partial charge in [-0.3, -0.25) is 4.57 Å². The molecule has 1 aliphatic heterocycles. The van der Waals surface area contributed by atoms with Crippen molar-refractivity contribution in [2.75, 3.05) is 7.11 Å². The Bertz CT molecular complexity index is 1150. The number of imidazole rings is 1. The van der Waals surface area contributed by atoms with Crippen molar-refractivity contribution < 1.29 is 14.6 Å². The molecule has 0 atom stereocenters. The molecule has 1 aliphatic rings. The molecule has 2 aromatic carbocycles. The Kier molecular flexibility index (Phi) is 4.26. The van der Waals surface area contributed by atoms with Gasteiger partial charge in [-0.2, -0.15) is 0 Å². The number of aromatic nitrogens is 3. The number of ether oxygens (including phenoxy) is 2. The second kappa shape index (κ2) is 7.07. The largest absolute Gasteiger partial charge is 0.496 e. The summed E-state index contributed by atoms with van der Waals surface area (Å²) >= 11 is 0. The summed E-state index contributed by atoms with van der Waals surface area (Å²) in [6.45, 7) is 0.323. The molecule has 3 heterocycles. The number of nitrogens with zero attached hydrogens (tertiary/aromatic N) is 3. The Morgan fingerprint density at radius 3 is 2.55 bits per heavy atom. The van der Waals surface area contributed by atoms with Gasteiger partial charge in [-0.15, -0.1) is 0 Å². The van der Waals surface area contributed by atoms with Crippen molar-refractivity contribution in [2.45, 2.75) is 13.3 Å². The van der Waals surface area contributed by atoms with Crippen LogP contribution in [-0.2, 0) is 13.3 Å². The van der Waals surface area contributed by atoms with Crippen LogP contribution in [0.3, 0.4) is 0 Å². The molecule has 0 amide bonds. The predicted octanol–water partition coefficient (Wildman–Crippen LogP) is 4.13. The van der Waals surface area contributed by atoms with Crippen LogP contribution in [0.4, 0.5) is 0 Å². The summed E-state index contributed by atoms with van der Waals surface area (Å²) in [5.41, 5.74) is 5.43. The van der Waals surface area contributed by atoms with E-state index < -0.39 is 0 Å². The lowest BCUT2D eigenvalue weighted by molar-refractivity contribution is 0.220. The minimum atomic E-state index is 0.00952. The summed E-state index contributed by atoms with van der Waals surface area (Å²) in [5.74, 6) is 1.95. The van der Waals surface area contributed by atoms with Gasteiger partial charge in [-0.05, 0) is 11.6 Å². The van der Waals surface area contributed by atoms with E-state index in [-0.39, 0.29) is 6.61 Å². The quantitative estimate of drug-likeness (QED) is 0.572. The van der Waals surface area contributed by atoms with Gasteiger partial charge in [0.15, 0.2) is 12.6 Å². The normalized spacial score (nSPS) is 12.1. The monoisotopic (exact) mass is 385 g/mol. The predicted molar refractivity (Wildman–Crippen MR) is 109 cm³/mol. The first-order chi connectivity index (χ1) is 14.3. The number of hydrogen-bond acceptors (Lipinski definition) is 5. The second-order valence-corrected chi connectivity index (χ2v) is 6.75. The number of benzene rings is 2. The number of aliphatic hydroxyl groups is 1. The average molecular weight is 385 g/mol. The van der Waals surface area contributed by atoms with Crippen LogP contribution in [0.5, 0.6) is 11.6 Å². The fourth-order valence-corrected chi connectivity index (χ4v) is 3.66. The van der Waals surface area contributed by atoms with Crippen LogP contribution in [0.2, 0.25) is 0 Å². The highest BCUT2D eigenvalue weighted by Gasteiger charge is 2.29. The van der Waals surface area contributed by atoms with Gasteiger partial charge in [0.05, 0.1) is 25.1 Å². The second-order valence-electron chi connectivity index (χ2n) is 6.75. The number of hydrogen-bond donors (Lipinski definition) is 1. The van der Waals surface area contributed by atoms with E-state index in [2.05, 4.69) is 21.7 Å². The summed E-state index contributed by atoms with van der Waals surface area (Å²) in [5, 5.41) is 9.37. The fourth-order valence-electron chi connectivity index (χ4n) is 3.66. The van der Waals surface area contributed by atoms with E-state index in [1.807, 2.05) is 48.5 Å². The van der Waals surface area contributed by atoms with E-state index in [1.54, 1.807) is 13.3 Å². The minimum Gasteiger partial charge on any atom is -0.496 e. The third kappa shape index (κ3) is 2.85. The number of aliphatic hydroxyl groups excluding tert-OH is 1. The van der Waals surface area contributed by atoms with Gasteiger partial charge in [0.2, 0.25) is 5.88 Å². The van der Waals surface area contributed by atoms with Crippen LogP contribution < -0.4 is 9.47 Å². The molecule has 6 nitrogen and oxygen atoms in total. The fraction of sp³-hybridized carbons (Fsp3) is 0.130. The Morgan fingerprint density at radius 2 is 1.83 bits per heavy atom. The van der Waals surface area contributed by atoms with Gasteiger partial charge in [0, 0.05) is 17.3 Å². The molecule has 0 unspecified atom stereocenters. The third-order valence-corrected chi connectivity index (χ3v) is 5.08. The van der Waals surface area contributed by atoms with Crippen molar-refractivity contribution in [3.8, 4) is 45.5 Å². The molecule has 0 bridgehead atoms. The maximum absolute atomic E-state index is 9.37. The van der Waals surface area contributed by atoms with Crippen molar-refractivity contribution in [2.24, 2.45) is 0 Å². The third-order valence-electron chi connectivity index (χ3n) is 5.08. The molecule has 0 spiro atoms. The van der Waals surface area contributed by atoms with E-state index in [0.717, 1.165) is 39.5 Å². The lowest BCUT2D eigenvalue weighted by Crippen LogP contribution is -2.15. The van der Waals surface area contributed by atoms with Gasteiger partial charge in [0.1, 0.15) is 11.3 Å². The first kappa shape index (κ1) is 17.5. The van der Waals surface area contributed by atoms with Gasteiger partial charge in [0.25, 0.3) is 0 Å². The molecular weight excluding hydrogens is 366 g/mol. The highest BCUT2D eigenvalue weighted by molar-refractivity contribution is 5.84. The number of fused-ring (bicyclic) bond motifs is 3. The Hall–Kier alpha value is -3.64. The zero-order valence-corrected chi connectivity index (χ0v) is 15.9. The van der Waals surface area contributed by atoms with Crippen molar-refractivity contribution in [1.29, 1.82) is 0 Å². The summed E-state index contributed by atoms with van der Waals surface area (Å²) < 4.78 is 13.6. The first-order valence-electron chi connectivity index (χ1n) is 9.32. The summed E-state index contributed by atoms with van der Waals surface area (Å²) in [4.78, 5) is 9.35. The maximum atomic E-state index is 9.37. The van der Waals surface area contributed by atoms with Crippen LogP contribution in [0, 0.1) is 0 Å². The van der Waals surface area contributed by atoms with Crippen molar-refractivity contribution >= 4 is 0 Å². The van der Waals surface area contributed by atoms with Crippen LogP contribution in [0.1, 0.15) is 5.56 Å². The van der Waals surface area contributed by atoms with Crippen molar-refractivity contribution in [1.82, 2.24) is 14.5 Å². The van der Waals surface area contributed by atoms with Gasteiger partial charge < -0.3 is 14.6 Å². The molecule has 0 radical (unpaired) electrons. The zero-order chi connectivity index (χ0) is 19.8. The molecule has 5 rings (SSSR count). The Labute approximate surface area is 168 Å². The van der Waals surface area contributed by atoms with E-state index in [4.69, 9.17) is 14.5 Å². The number of pyridine rings is 1. The molecule has 0 fully saturated rings. The van der Waals surface area contributed by atoms with E-state index >= 15 is 0 Å². The lowest BCUT2D eigenvalue weighted by atomic mass is 10.0. The van der Waals surface area contributed by atoms with Crippen molar-refractivity contribution in [3.63, 3.8) is 0 Å². The van der Waals surface area contributed by atoms with Crippen molar-refractivity contribution in [3.05, 3.63) is 72.4 Å². The topological polar surface area (TPSA) is 69.4 Å². The van der Waals surface area contributed by atoms with Crippen LogP contribution in [-0.4, -0.2) is 26.8 Å². The molecule has 6 heteroatoms. The summed E-state index contributed by atoms with van der Waals surface area (Å²) in [6, 6.07) is 19.7. The first-order valence-corrected chi connectivity index (χ1v) is 9.32. The smallest absolute Gasteiger partial charge is 0.230 e. The van der Waals surface area contributed by atoms with E-state index in [9.17, 15) is 5.11 Å². The molecule has 2 aromatic heterocycles. The summed E-state index contributed by atoms with van der Waals surface area (Å²) in [6.07, 6.45) is 1.67. The highest BCUT2D eigenvalue weighted by atomic mass is 16.5. The van der Waals surface area contributed by atoms with E-state index in [0.29, 0.717) is 18.4 Å². The molecule has 4 aromatic rings. The molecular formula is C23H19N3O3. The standard InChI is InChI=1S/C23H19N3O3/c1-28-18-11-12-24-23-19(18)22-25-20(16-9-7-15(13-27)8-10-16)21(26(22)14-29-23)17-5-3-2-4-6-17/h2-12,27H,13-14H2,1H3. The van der Waals surface area contributed by atoms with Gasteiger partial charge in [-0.1, -0.05) is 54.6 Å². The summed E-state index contributed by atoms with van der Waals surface area (Å²) in [7, 11) is 1.63. The van der Waals surface area contributed by atoms with E-state index in [1.165, 1.54) is 0 Å². The molecule has 29 heavy (non-hydrogen) atoms. The van der Waals surface area contributed by atoms with Gasteiger partial charge in [-0.25, -0.2) is 9.97 Å². The SMILES string of the molecule is COc1ccnc2c1-c1nc(-c3ccc(CO)cc3)c(-c3ccccc3)n1CO2. The molecule has 144 valence electrons. The Balaban J connectivity index is 1.79.